The largest absolute Gasteiger partial charge is 0.268 e. The number of hydrogen-bond acceptors (Lipinski definition) is 4. The maximum atomic E-state index is 13.6. The van der Waals surface area contributed by atoms with E-state index >= 15 is 0 Å². The SMILES string of the molecule is CC.O=c1c2ccc3c4c(ccc(c24)c2nc4ccccc4n12)c(=O)n1c2ccccc2nc31. The summed E-state index contributed by atoms with van der Waals surface area (Å²) in [6, 6.07) is 22.8. The summed E-state index contributed by atoms with van der Waals surface area (Å²) in [7, 11) is 0. The standard InChI is InChI=1S/C26H12N4O2.C2H6/c31-25-15-12-10-14-22-16(26(32)30-20-8-4-2-6-18(20)28-24(14)30)11-9-13(21(15)22)23-27-17-5-1-3-7-19(17)29(23)25;1-2/h1-12H;1-2H3. The van der Waals surface area contributed by atoms with Crippen molar-refractivity contribution in [2.75, 3.05) is 0 Å². The highest BCUT2D eigenvalue weighted by atomic mass is 16.1. The third-order valence-electron chi connectivity index (χ3n) is 6.63. The molecule has 6 heteroatoms. The highest BCUT2D eigenvalue weighted by Gasteiger charge is 2.21. The van der Waals surface area contributed by atoms with E-state index in [1.807, 2.05) is 86.6 Å². The number of fused-ring (bicyclic) bond motifs is 8. The molecule has 0 N–H and O–H groups in total. The van der Waals surface area contributed by atoms with Crippen LogP contribution in [0.3, 0.4) is 0 Å². The molecule has 0 aliphatic heterocycles. The predicted octanol–water partition coefficient (Wildman–Crippen LogP) is 5.37. The molecule has 8 rings (SSSR count). The second-order valence-electron chi connectivity index (χ2n) is 8.20. The Morgan fingerprint density at radius 3 is 1.35 bits per heavy atom. The Balaban J connectivity index is 0.000000977. The van der Waals surface area contributed by atoms with Crippen LogP contribution >= 0.6 is 0 Å². The van der Waals surface area contributed by atoms with Gasteiger partial charge >= 0.3 is 0 Å². The first-order valence-electron chi connectivity index (χ1n) is 11.4. The number of benzene rings is 4. The second kappa shape index (κ2) is 6.48. The van der Waals surface area contributed by atoms with E-state index in [1.54, 1.807) is 8.80 Å². The zero-order valence-electron chi connectivity index (χ0n) is 18.5. The summed E-state index contributed by atoms with van der Waals surface area (Å²) >= 11 is 0. The van der Waals surface area contributed by atoms with Crippen LogP contribution in [0.2, 0.25) is 0 Å². The molecule has 0 radical (unpaired) electrons. The van der Waals surface area contributed by atoms with Gasteiger partial charge in [0.1, 0.15) is 11.3 Å². The average Bonchev–Trinajstić information content (AvgIpc) is 3.47. The number of nitrogens with zero attached hydrogens (tertiary/aromatic N) is 4. The molecule has 4 heterocycles. The summed E-state index contributed by atoms with van der Waals surface area (Å²) < 4.78 is 3.35. The lowest BCUT2D eigenvalue weighted by Crippen LogP contribution is -2.16. The minimum atomic E-state index is -0.128. The van der Waals surface area contributed by atoms with Crippen LogP contribution in [-0.2, 0) is 0 Å². The zero-order chi connectivity index (χ0) is 23.1. The fraction of sp³-hybridized carbons (Fsp3) is 0.0714. The molecule has 34 heavy (non-hydrogen) atoms. The number of imidazole rings is 2. The van der Waals surface area contributed by atoms with Crippen molar-refractivity contribution in [3.8, 4) is 0 Å². The van der Waals surface area contributed by atoms with E-state index < -0.39 is 0 Å². The lowest BCUT2D eigenvalue weighted by atomic mass is 9.96. The van der Waals surface area contributed by atoms with Crippen molar-refractivity contribution in [2.24, 2.45) is 0 Å². The van der Waals surface area contributed by atoms with Crippen molar-refractivity contribution < 1.29 is 0 Å². The number of hydrogen-bond donors (Lipinski definition) is 0. The second-order valence-corrected chi connectivity index (χ2v) is 8.20. The van der Waals surface area contributed by atoms with Gasteiger partial charge in [-0.2, -0.15) is 0 Å². The molecule has 0 aliphatic rings. The Morgan fingerprint density at radius 1 is 0.529 bits per heavy atom. The summed E-state index contributed by atoms with van der Waals surface area (Å²) in [4.78, 5) is 36.7. The predicted molar refractivity (Wildman–Crippen MR) is 138 cm³/mol. The van der Waals surface area contributed by atoms with Gasteiger partial charge in [0.05, 0.1) is 22.1 Å². The minimum Gasteiger partial charge on any atom is -0.268 e. The zero-order valence-corrected chi connectivity index (χ0v) is 18.5. The van der Waals surface area contributed by atoms with Crippen LogP contribution < -0.4 is 11.1 Å². The van der Waals surface area contributed by atoms with Gasteiger partial charge in [-0.1, -0.05) is 38.1 Å². The molecule has 0 saturated carbocycles. The molecule has 0 spiro atoms. The third-order valence-corrected chi connectivity index (χ3v) is 6.63. The van der Waals surface area contributed by atoms with Crippen LogP contribution in [0.1, 0.15) is 13.8 Å². The van der Waals surface area contributed by atoms with Crippen LogP contribution in [0.15, 0.2) is 82.4 Å². The van der Waals surface area contributed by atoms with Crippen LogP contribution in [0, 0.1) is 0 Å². The third kappa shape index (κ3) is 2.10. The van der Waals surface area contributed by atoms with Gasteiger partial charge in [-0.05, 0) is 48.5 Å². The quantitative estimate of drug-likeness (QED) is 0.296. The Hall–Kier alpha value is -4.58. The van der Waals surface area contributed by atoms with Gasteiger partial charge in [0.25, 0.3) is 11.1 Å². The van der Waals surface area contributed by atoms with Gasteiger partial charge in [0, 0.05) is 32.3 Å². The summed E-state index contributed by atoms with van der Waals surface area (Å²) in [6.45, 7) is 4.00. The lowest BCUT2D eigenvalue weighted by Gasteiger charge is -2.12. The van der Waals surface area contributed by atoms with Gasteiger partial charge in [-0.3, -0.25) is 18.4 Å². The smallest absolute Gasteiger partial charge is 0.264 e. The maximum absolute atomic E-state index is 13.6. The topological polar surface area (TPSA) is 68.7 Å². The number of rotatable bonds is 0. The highest BCUT2D eigenvalue weighted by Crippen LogP contribution is 2.36. The van der Waals surface area contributed by atoms with Crippen molar-refractivity contribution in [1.82, 2.24) is 18.8 Å². The van der Waals surface area contributed by atoms with Crippen molar-refractivity contribution >= 4 is 65.7 Å². The lowest BCUT2D eigenvalue weighted by molar-refractivity contribution is 1.18. The van der Waals surface area contributed by atoms with Gasteiger partial charge in [-0.15, -0.1) is 0 Å². The van der Waals surface area contributed by atoms with E-state index in [9.17, 15) is 9.59 Å². The van der Waals surface area contributed by atoms with Crippen LogP contribution in [-0.4, -0.2) is 18.8 Å². The molecule has 0 unspecified atom stereocenters. The van der Waals surface area contributed by atoms with E-state index in [4.69, 9.17) is 9.97 Å². The molecule has 0 amide bonds. The van der Waals surface area contributed by atoms with Crippen LogP contribution in [0.25, 0.3) is 65.7 Å². The van der Waals surface area contributed by atoms with E-state index in [2.05, 4.69) is 0 Å². The molecule has 6 nitrogen and oxygen atoms in total. The molecule has 0 fully saturated rings. The number of aromatic nitrogens is 4. The van der Waals surface area contributed by atoms with E-state index in [-0.39, 0.29) is 11.1 Å². The molecule has 0 bridgehead atoms. The fourth-order valence-corrected chi connectivity index (χ4v) is 5.29. The van der Waals surface area contributed by atoms with Crippen LogP contribution in [0.4, 0.5) is 0 Å². The summed E-state index contributed by atoms with van der Waals surface area (Å²) in [5, 5.41) is 4.42. The van der Waals surface area contributed by atoms with Crippen molar-refractivity contribution in [1.29, 1.82) is 0 Å². The first-order chi connectivity index (χ1) is 16.7. The molecule has 162 valence electrons. The van der Waals surface area contributed by atoms with Crippen molar-refractivity contribution in [3.05, 3.63) is 93.5 Å². The first-order valence-corrected chi connectivity index (χ1v) is 11.4. The monoisotopic (exact) mass is 442 g/mol. The van der Waals surface area contributed by atoms with Crippen LogP contribution in [0.5, 0.6) is 0 Å². The van der Waals surface area contributed by atoms with Gasteiger partial charge in [0.15, 0.2) is 0 Å². The highest BCUT2D eigenvalue weighted by molar-refractivity contribution is 6.27. The van der Waals surface area contributed by atoms with E-state index in [1.165, 1.54) is 0 Å². The van der Waals surface area contributed by atoms with Gasteiger partial charge < -0.3 is 0 Å². The van der Waals surface area contributed by atoms with E-state index in [0.29, 0.717) is 22.1 Å². The molecular weight excluding hydrogens is 424 g/mol. The minimum absolute atomic E-state index is 0.128. The molecule has 0 aliphatic carbocycles. The summed E-state index contributed by atoms with van der Waals surface area (Å²) in [5.41, 5.74) is 4.07. The average molecular weight is 442 g/mol. The number of para-hydroxylation sites is 4. The molecule has 8 aromatic rings. The van der Waals surface area contributed by atoms with Crippen molar-refractivity contribution in [2.45, 2.75) is 13.8 Å². The van der Waals surface area contributed by atoms with E-state index in [0.717, 1.165) is 43.6 Å². The van der Waals surface area contributed by atoms with Gasteiger partial charge in [-0.25, -0.2) is 9.97 Å². The Morgan fingerprint density at radius 2 is 0.912 bits per heavy atom. The molecule has 0 saturated heterocycles. The van der Waals surface area contributed by atoms with Crippen molar-refractivity contribution in [3.63, 3.8) is 0 Å². The Kier molecular flexibility index (Phi) is 3.61. The fourth-order valence-electron chi connectivity index (χ4n) is 5.29. The normalized spacial score (nSPS) is 12.1. The molecular formula is C28H18N4O2. The number of pyridine rings is 2. The summed E-state index contributed by atoms with van der Waals surface area (Å²) in [5.74, 6) is 0. The molecule has 4 aromatic heterocycles. The first kappa shape index (κ1) is 18.9. The maximum Gasteiger partial charge on any atom is 0.264 e. The van der Waals surface area contributed by atoms with Gasteiger partial charge in [0.2, 0.25) is 0 Å². The molecule has 0 atom stereocenters. The summed E-state index contributed by atoms with van der Waals surface area (Å²) in [6.07, 6.45) is 0. The Bertz CT molecular complexity index is 2030. The molecule has 4 aromatic carbocycles. The Labute approximate surface area is 192 Å².